The minimum Gasteiger partial charge on any atom is -0.393 e. The van der Waals surface area contributed by atoms with Gasteiger partial charge in [0.05, 0.1) is 11.7 Å². The summed E-state index contributed by atoms with van der Waals surface area (Å²) < 4.78 is 0. The second-order valence-electron chi connectivity index (χ2n) is 12.6. The molecule has 1 aromatic carbocycles. The average Bonchev–Trinajstić information content (AvgIpc) is 2.88. The maximum atomic E-state index is 12.5. The summed E-state index contributed by atoms with van der Waals surface area (Å²) >= 11 is 0. The van der Waals surface area contributed by atoms with Gasteiger partial charge in [0, 0.05) is 38.0 Å². The Morgan fingerprint density at radius 3 is 2.22 bits per heavy atom. The van der Waals surface area contributed by atoms with Crippen LogP contribution in [0.3, 0.4) is 0 Å². The van der Waals surface area contributed by atoms with E-state index in [9.17, 15) is 19.8 Å². The molecular weight excluding hydrogens is 466 g/mol. The van der Waals surface area contributed by atoms with E-state index in [1.807, 2.05) is 34.9 Å². The van der Waals surface area contributed by atoms with Crippen molar-refractivity contribution in [1.82, 2.24) is 9.80 Å². The second kappa shape index (κ2) is 11.7. The van der Waals surface area contributed by atoms with Crippen molar-refractivity contribution in [2.45, 2.75) is 89.8 Å². The van der Waals surface area contributed by atoms with Crippen LogP contribution in [0, 0.1) is 23.2 Å². The third kappa shape index (κ3) is 6.85. The molecule has 2 saturated carbocycles. The van der Waals surface area contributed by atoms with E-state index in [-0.39, 0.29) is 29.4 Å². The van der Waals surface area contributed by atoms with E-state index in [4.69, 9.17) is 5.73 Å². The molecule has 37 heavy (non-hydrogen) atoms. The molecule has 7 heteroatoms. The number of nitrogens with two attached hydrogens (primary N) is 1. The number of aliphatic hydroxyl groups excluding tert-OH is 1. The summed E-state index contributed by atoms with van der Waals surface area (Å²) in [7, 11) is 0. The molecule has 3 amide bonds. The Kier molecular flexibility index (Phi) is 8.85. The van der Waals surface area contributed by atoms with E-state index in [0.29, 0.717) is 44.2 Å². The number of primary amides is 1. The van der Waals surface area contributed by atoms with E-state index >= 15 is 0 Å². The van der Waals surface area contributed by atoms with Gasteiger partial charge in [-0.15, -0.1) is 0 Å². The number of urea groups is 1. The number of carbonyl (C=O) groups is 2. The molecule has 2 bridgehead atoms. The Morgan fingerprint density at radius 2 is 1.59 bits per heavy atom. The first-order valence-electron chi connectivity index (χ1n) is 14.4. The molecule has 0 radical (unpaired) electrons. The molecule has 2 aliphatic heterocycles. The first-order chi connectivity index (χ1) is 17.6. The lowest BCUT2D eigenvalue weighted by molar-refractivity contribution is -0.135. The van der Waals surface area contributed by atoms with Crippen LogP contribution in [0.5, 0.6) is 0 Å². The minimum atomic E-state index is -0.667. The first kappa shape index (κ1) is 27.9. The van der Waals surface area contributed by atoms with Crippen molar-refractivity contribution in [3.8, 4) is 0 Å². The summed E-state index contributed by atoms with van der Waals surface area (Å²) in [6.07, 6.45) is 9.06. The van der Waals surface area contributed by atoms with Crippen molar-refractivity contribution in [2.24, 2.45) is 28.9 Å². The van der Waals surface area contributed by atoms with Crippen molar-refractivity contribution >= 4 is 11.9 Å². The molecule has 2 heterocycles. The summed E-state index contributed by atoms with van der Waals surface area (Å²) in [6.45, 7) is 7.18. The van der Waals surface area contributed by atoms with Crippen LogP contribution in [0.1, 0.15) is 77.2 Å². The number of rotatable bonds is 3. The van der Waals surface area contributed by atoms with E-state index in [0.717, 1.165) is 51.6 Å². The van der Waals surface area contributed by atoms with Gasteiger partial charge in [0.15, 0.2) is 0 Å². The number of amides is 3. The van der Waals surface area contributed by atoms with Gasteiger partial charge in [-0.1, -0.05) is 44.2 Å². The van der Waals surface area contributed by atoms with Crippen LogP contribution in [-0.2, 0) is 11.2 Å². The molecule has 206 valence electrons. The highest BCUT2D eigenvalue weighted by molar-refractivity contribution is 5.80. The molecule has 2 aliphatic carbocycles. The number of nitrogens with zero attached hydrogens (tertiary/aromatic N) is 2. The predicted molar refractivity (Wildman–Crippen MR) is 145 cm³/mol. The zero-order valence-electron chi connectivity index (χ0n) is 22.8. The van der Waals surface area contributed by atoms with Crippen molar-refractivity contribution < 1.29 is 19.8 Å². The van der Waals surface area contributed by atoms with Gasteiger partial charge in [-0.2, -0.15) is 0 Å². The molecule has 5 rings (SSSR count). The number of likely N-dealkylation sites (tertiary alicyclic amines) is 2. The van der Waals surface area contributed by atoms with Crippen molar-refractivity contribution in [1.29, 1.82) is 0 Å². The molecule has 4 fully saturated rings. The molecule has 2 saturated heterocycles. The Balaban J connectivity index is 0.000000186. The summed E-state index contributed by atoms with van der Waals surface area (Å²) in [6, 6.07) is 10.3. The van der Waals surface area contributed by atoms with Gasteiger partial charge in [-0.05, 0) is 81.1 Å². The van der Waals surface area contributed by atoms with Crippen LogP contribution in [0.4, 0.5) is 4.79 Å². The number of aliphatic hydroxyl groups is 2. The fraction of sp³-hybridized carbons (Fsp3) is 0.733. The largest absolute Gasteiger partial charge is 0.393 e. The lowest BCUT2D eigenvalue weighted by Crippen LogP contribution is -2.52. The summed E-state index contributed by atoms with van der Waals surface area (Å²) in [4.78, 5) is 27.8. The maximum absolute atomic E-state index is 12.5. The summed E-state index contributed by atoms with van der Waals surface area (Å²) in [5, 5.41) is 20.8. The molecule has 5 atom stereocenters. The number of benzene rings is 1. The topological polar surface area (TPSA) is 107 Å². The number of fused-ring (bicyclic) bond motifs is 2. The number of hydrogen-bond donors (Lipinski definition) is 3. The molecule has 4 aliphatic rings. The van der Waals surface area contributed by atoms with E-state index in [1.54, 1.807) is 0 Å². The van der Waals surface area contributed by atoms with Crippen LogP contribution in [0.25, 0.3) is 0 Å². The molecule has 4 N–H and O–H groups in total. The molecule has 7 nitrogen and oxygen atoms in total. The standard InChI is InChI=1S/C18H26N2O2.C12H21NO2/c21-17(19-11-5-2-6-12-19)20-13-9-18(22,10-14-20)15-16-7-3-1-4-8-16;1-7-3-8-4-9(10(7)14)6-12(2,5-8)11(13)15/h1,3-4,7-8,22H,2,5-6,9-15H2;7-10,14H,3-6H2,1-2H3,(H2,13,15). The fourth-order valence-electron chi connectivity index (χ4n) is 7.22. The van der Waals surface area contributed by atoms with Gasteiger partial charge in [0.25, 0.3) is 0 Å². The van der Waals surface area contributed by atoms with E-state index in [1.165, 1.54) is 12.0 Å². The van der Waals surface area contributed by atoms with Crippen LogP contribution < -0.4 is 5.73 Å². The minimum absolute atomic E-state index is 0.168. The number of piperidine rings is 2. The predicted octanol–water partition coefficient (Wildman–Crippen LogP) is 3.96. The highest BCUT2D eigenvalue weighted by Crippen LogP contribution is 2.50. The van der Waals surface area contributed by atoms with Gasteiger partial charge in [0.1, 0.15) is 0 Å². The average molecular weight is 514 g/mol. The zero-order chi connectivity index (χ0) is 26.6. The van der Waals surface area contributed by atoms with Gasteiger partial charge in [0.2, 0.25) is 5.91 Å². The molecule has 1 aromatic rings. The summed E-state index contributed by atoms with van der Waals surface area (Å²) in [5.74, 6) is 1.05. The Bertz CT molecular complexity index is 909. The Labute approximate surface area is 222 Å². The van der Waals surface area contributed by atoms with Crippen molar-refractivity contribution in [3.05, 3.63) is 35.9 Å². The second-order valence-corrected chi connectivity index (χ2v) is 12.6. The quantitative estimate of drug-likeness (QED) is 0.569. The van der Waals surface area contributed by atoms with Crippen LogP contribution >= 0.6 is 0 Å². The number of hydrogen-bond acceptors (Lipinski definition) is 4. The summed E-state index contributed by atoms with van der Waals surface area (Å²) in [5.41, 5.74) is 5.58. The van der Waals surface area contributed by atoms with Gasteiger partial charge < -0.3 is 25.7 Å². The first-order valence-corrected chi connectivity index (χ1v) is 14.4. The zero-order valence-corrected chi connectivity index (χ0v) is 22.8. The lowest BCUT2D eigenvalue weighted by Gasteiger charge is -2.48. The third-order valence-electron chi connectivity index (χ3n) is 9.42. The van der Waals surface area contributed by atoms with Crippen LogP contribution in [0.15, 0.2) is 30.3 Å². The fourth-order valence-corrected chi connectivity index (χ4v) is 7.22. The van der Waals surface area contributed by atoms with Crippen molar-refractivity contribution in [2.75, 3.05) is 26.2 Å². The molecule has 0 spiro atoms. The van der Waals surface area contributed by atoms with Gasteiger partial charge >= 0.3 is 6.03 Å². The highest BCUT2D eigenvalue weighted by Gasteiger charge is 2.47. The SMILES string of the molecule is CC1CC2CC(CC(C)(C(N)=O)C2)C1O.O=C(N1CCCCC1)N1CCC(O)(Cc2ccccc2)CC1. The van der Waals surface area contributed by atoms with Gasteiger partial charge in [-0.25, -0.2) is 4.79 Å². The molecule has 0 aromatic heterocycles. The van der Waals surface area contributed by atoms with Gasteiger partial charge in [-0.3, -0.25) is 4.79 Å². The maximum Gasteiger partial charge on any atom is 0.320 e. The van der Waals surface area contributed by atoms with E-state index < -0.39 is 5.60 Å². The Hall–Kier alpha value is -2.12. The smallest absolute Gasteiger partial charge is 0.320 e. The van der Waals surface area contributed by atoms with E-state index in [2.05, 4.69) is 19.1 Å². The van der Waals surface area contributed by atoms with Crippen LogP contribution in [0.2, 0.25) is 0 Å². The highest BCUT2D eigenvalue weighted by atomic mass is 16.3. The van der Waals surface area contributed by atoms with Crippen molar-refractivity contribution in [3.63, 3.8) is 0 Å². The third-order valence-corrected chi connectivity index (χ3v) is 9.42. The molecule has 5 unspecified atom stereocenters. The van der Waals surface area contributed by atoms with Crippen LogP contribution in [-0.4, -0.2) is 69.8 Å². The molecular formula is C30H47N3O4. The normalized spacial score (nSPS) is 33.2. The monoisotopic (exact) mass is 513 g/mol. The number of carbonyl (C=O) groups excluding carboxylic acids is 2. The lowest BCUT2D eigenvalue weighted by atomic mass is 9.58. The Morgan fingerprint density at radius 1 is 0.973 bits per heavy atom.